The van der Waals surface area contributed by atoms with Crippen molar-refractivity contribution in [1.29, 1.82) is 0 Å². The molecule has 164 valence electrons. The lowest BCUT2D eigenvalue weighted by atomic mass is 10.2. The minimum atomic E-state index is -0.674. The number of hydrogen-bond donors (Lipinski definition) is 0. The molecule has 10 heteroatoms. The molecular weight excluding hydrogens is 436 g/mol. The Morgan fingerprint density at radius 2 is 1.94 bits per heavy atom. The molecule has 0 bridgehead atoms. The van der Waals surface area contributed by atoms with Gasteiger partial charge in [-0.15, -0.1) is 11.3 Å². The van der Waals surface area contributed by atoms with E-state index in [0.29, 0.717) is 10.2 Å². The number of carbonyl (C=O) groups is 2. The van der Waals surface area contributed by atoms with Crippen LogP contribution in [0.3, 0.4) is 0 Å². The molecule has 0 saturated heterocycles. The van der Waals surface area contributed by atoms with Crippen LogP contribution in [-0.4, -0.2) is 35.7 Å². The fourth-order valence-corrected chi connectivity index (χ4v) is 4.10. The molecule has 0 spiro atoms. The highest BCUT2D eigenvalue weighted by Gasteiger charge is 2.18. The summed E-state index contributed by atoms with van der Waals surface area (Å²) in [5, 5.41) is 0. The van der Waals surface area contributed by atoms with Gasteiger partial charge in [0.1, 0.15) is 29.2 Å². The molecule has 0 aliphatic carbocycles. The molecule has 4 aromatic rings. The Morgan fingerprint density at radius 1 is 1.16 bits per heavy atom. The molecule has 0 fully saturated rings. The first kappa shape index (κ1) is 21.3. The lowest BCUT2D eigenvalue weighted by molar-refractivity contribution is -0.146. The van der Waals surface area contributed by atoms with Gasteiger partial charge in [-0.05, 0) is 42.0 Å². The van der Waals surface area contributed by atoms with Crippen LogP contribution >= 0.6 is 11.3 Å². The Labute approximate surface area is 185 Å². The first-order valence-corrected chi connectivity index (χ1v) is 10.3. The van der Waals surface area contributed by atoms with Gasteiger partial charge in [-0.2, -0.15) is 0 Å². The van der Waals surface area contributed by atoms with Crippen molar-refractivity contribution in [3.63, 3.8) is 0 Å². The summed E-state index contributed by atoms with van der Waals surface area (Å²) in [6.07, 6.45) is 2.61. The van der Waals surface area contributed by atoms with Crippen LogP contribution in [0.25, 0.3) is 20.7 Å². The standard InChI is InChI=1S/C22H18N2O7S/c1-28-14-5-3-13(4-6-14)18-9-16-20(32-18)21(26)24(12-23-16)10-19(25)31-11-17-15(7-8-30-17)22(27)29-2/h3-9,12H,10-11H2,1-2H3. The van der Waals surface area contributed by atoms with Crippen LogP contribution in [-0.2, 0) is 27.4 Å². The van der Waals surface area contributed by atoms with Crippen molar-refractivity contribution in [2.24, 2.45) is 0 Å². The predicted octanol–water partition coefficient (Wildman–Crippen LogP) is 3.26. The third kappa shape index (κ3) is 4.26. The number of carbonyl (C=O) groups excluding carboxylic acids is 2. The Morgan fingerprint density at radius 3 is 2.66 bits per heavy atom. The second kappa shape index (κ2) is 9.06. The van der Waals surface area contributed by atoms with Crippen LogP contribution in [0, 0.1) is 0 Å². The molecule has 32 heavy (non-hydrogen) atoms. The van der Waals surface area contributed by atoms with Crippen molar-refractivity contribution in [2.75, 3.05) is 14.2 Å². The summed E-state index contributed by atoms with van der Waals surface area (Å²) >= 11 is 1.30. The first-order valence-electron chi connectivity index (χ1n) is 9.44. The molecule has 3 aromatic heterocycles. The van der Waals surface area contributed by atoms with Crippen LogP contribution < -0.4 is 10.3 Å². The smallest absolute Gasteiger partial charge is 0.341 e. The molecule has 0 saturated carbocycles. The van der Waals surface area contributed by atoms with Crippen LogP contribution in [0.2, 0.25) is 0 Å². The van der Waals surface area contributed by atoms with E-state index in [0.717, 1.165) is 16.2 Å². The number of furan rings is 1. The molecule has 0 amide bonds. The molecule has 0 unspecified atom stereocenters. The second-order valence-electron chi connectivity index (χ2n) is 6.64. The van der Waals surface area contributed by atoms with Crippen molar-refractivity contribution in [3.05, 3.63) is 70.7 Å². The van der Waals surface area contributed by atoms with Gasteiger partial charge in [0, 0.05) is 4.88 Å². The number of esters is 2. The number of hydrogen-bond acceptors (Lipinski definition) is 9. The number of thiophene rings is 1. The molecule has 0 aliphatic rings. The number of nitrogens with zero attached hydrogens (tertiary/aromatic N) is 2. The highest BCUT2D eigenvalue weighted by atomic mass is 32.1. The van der Waals surface area contributed by atoms with E-state index in [-0.39, 0.29) is 30.0 Å². The van der Waals surface area contributed by atoms with Crippen molar-refractivity contribution < 1.29 is 28.2 Å². The number of benzene rings is 1. The minimum Gasteiger partial charge on any atom is -0.497 e. The van der Waals surface area contributed by atoms with E-state index in [1.165, 1.54) is 41.7 Å². The summed E-state index contributed by atoms with van der Waals surface area (Å²) in [5.41, 5.74) is 1.31. The van der Waals surface area contributed by atoms with E-state index in [4.69, 9.17) is 13.9 Å². The van der Waals surface area contributed by atoms with E-state index in [1.54, 1.807) is 7.11 Å². The Hall–Kier alpha value is -3.92. The van der Waals surface area contributed by atoms with Gasteiger partial charge in [0.2, 0.25) is 0 Å². The summed E-state index contributed by atoms with van der Waals surface area (Å²) < 4.78 is 21.7. The number of methoxy groups -OCH3 is 2. The molecule has 1 aromatic carbocycles. The van der Waals surface area contributed by atoms with Crippen molar-refractivity contribution in [3.8, 4) is 16.2 Å². The molecule has 0 radical (unpaired) electrons. The average Bonchev–Trinajstić information content (AvgIpc) is 3.46. The zero-order valence-electron chi connectivity index (χ0n) is 17.2. The van der Waals surface area contributed by atoms with Crippen molar-refractivity contribution in [2.45, 2.75) is 13.2 Å². The van der Waals surface area contributed by atoms with E-state index in [9.17, 15) is 14.4 Å². The third-order valence-electron chi connectivity index (χ3n) is 4.69. The van der Waals surface area contributed by atoms with Gasteiger partial charge in [0.05, 0.1) is 32.3 Å². The Kier molecular flexibility index (Phi) is 6.04. The van der Waals surface area contributed by atoms with Gasteiger partial charge >= 0.3 is 11.9 Å². The summed E-state index contributed by atoms with van der Waals surface area (Å²) in [5.74, 6) is -0.371. The quantitative estimate of drug-likeness (QED) is 0.392. The predicted molar refractivity (Wildman–Crippen MR) is 116 cm³/mol. The maximum atomic E-state index is 12.9. The average molecular weight is 454 g/mol. The maximum Gasteiger partial charge on any atom is 0.341 e. The Bertz CT molecular complexity index is 1330. The minimum absolute atomic E-state index is 0.161. The molecule has 0 aliphatic heterocycles. The SMILES string of the molecule is COC(=O)c1ccoc1COC(=O)Cn1cnc2cc(-c3ccc(OC)cc3)sc2c1=O. The largest absolute Gasteiger partial charge is 0.497 e. The van der Waals surface area contributed by atoms with Crippen LogP contribution in [0.15, 0.2) is 58.2 Å². The van der Waals surface area contributed by atoms with Gasteiger partial charge < -0.3 is 18.6 Å². The van der Waals surface area contributed by atoms with E-state index in [2.05, 4.69) is 9.72 Å². The van der Waals surface area contributed by atoms with Crippen LogP contribution in [0.4, 0.5) is 0 Å². The van der Waals surface area contributed by atoms with Gasteiger partial charge in [-0.1, -0.05) is 0 Å². The highest BCUT2D eigenvalue weighted by molar-refractivity contribution is 7.22. The fraction of sp³-hybridized carbons (Fsp3) is 0.182. The van der Waals surface area contributed by atoms with E-state index in [1.807, 2.05) is 30.3 Å². The van der Waals surface area contributed by atoms with Crippen LogP contribution in [0.5, 0.6) is 5.75 Å². The summed E-state index contributed by atoms with van der Waals surface area (Å²) in [6, 6.07) is 10.7. The number of ether oxygens (including phenoxy) is 3. The highest BCUT2D eigenvalue weighted by Crippen LogP contribution is 2.31. The molecule has 0 N–H and O–H groups in total. The molecular formula is C22H18N2O7S. The molecule has 4 rings (SSSR count). The number of rotatable bonds is 7. The number of aromatic nitrogens is 2. The fourth-order valence-electron chi connectivity index (χ4n) is 3.03. The van der Waals surface area contributed by atoms with E-state index >= 15 is 0 Å². The molecule has 0 atom stereocenters. The van der Waals surface area contributed by atoms with Gasteiger partial charge in [-0.25, -0.2) is 9.78 Å². The lowest BCUT2D eigenvalue weighted by Crippen LogP contribution is -2.25. The maximum absolute atomic E-state index is 12.9. The third-order valence-corrected chi connectivity index (χ3v) is 5.85. The first-order chi connectivity index (χ1) is 15.5. The Balaban J connectivity index is 1.49. The van der Waals surface area contributed by atoms with Gasteiger partial charge in [-0.3, -0.25) is 14.2 Å². The topological polar surface area (TPSA) is 110 Å². The summed E-state index contributed by atoms with van der Waals surface area (Å²) in [6.45, 7) is -0.590. The van der Waals surface area contributed by atoms with Gasteiger partial charge in [0.15, 0.2) is 5.76 Å². The molecule has 9 nitrogen and oxygen atoms in total. The second-order valence-corrected chi connectivity index (χ2v) is 7.69. The lowest BCUT2D eigenvalue weighted by Gasteiger charge is -2.06. The monoisotopic (exact) mass is 454 g/mol. The number of fused-ring (bicyclic) bond motifs is 1. The summed E-state index contributed by atoms with van der Waals surface area (Å²) in [7, 11) is 2.84. The summed E-state index contributed by atoms with van der Waals surface area (Å²) in [4.78, 5) is 41.9. The van der Waals surface area contributed by atoms with E-state index < -0.39 is 11.9 Å². The van der Waals surface area contributed by atoms with Crippen molar-refractivity contribution >= 4 is 33.5 Å². The van der Waals surface area contributed by atoms with Crippen LogP contribution in [0.1, 0.15) is 16.1 Å². The zero-order chi connectivity index (χ0) is 22.7. The normalized spacial score (nSPS) is 10.8. The van der Waals surface area contributed by atoms with Gasteiger partial charge in [0.25, 0.3) is 5.56 Å². The zero-order valence-corrected chi connectivity index (χ0v) is 18.0. The van der Waals surface area contributed by atoms with Crippen molar-refractivity contribution in [1.82, 2.24) is 9.55 Å². The molecule has 3 heterocycles.